The van der Waals surface area contributed by atoms with Gasteiger partial charge in [-0.25, -0.2) is 4.98 Å². The first-order chi connectivity index (χ1) is 8.24. The van der Waals surface area contributed by atoms with Crippen molar-refractivity contribution in [1.82, 2.24) is 15.3 Å². The molecule has 4 N–H and O–H groups in total. The molecule has 0 aliphatic heterocycles. The fourth-order valence-electron chi connectivity index (χ4n) is 1.43. The molecule has 0 saturated heterocycles. The second-order valence-corrected chi connectivity index (χ2v) is 4.18. The molecule has 0 bridgehead atoms. The largest absolute Gasteiger partial charge is 0.384 e. The van der Waals surface area contributed by atoms with Gasteiger partial charge in [-0.1, -0.05) is 0 Å². The van der Waals surface area contributed by atoms with Gasteiger partial charge in [0.2, 0.25) is 11.9 Å². The smallest absolute Gasteiger partial charge is 0.224 e. The molecule has 1 amide bonds. The Morgan fingerprint density at radius 3 is 3.06 bits per heavy atom. The lowest BCUT2D eigenvalue weighted by Gasteiger charge is -2.05. The summed E-state index contributed by atoms with van der Waals surface area (Å²) < 4.78 is 0. The number of carbonyl (C=O) groups excluding carboxylic acids is 1. The van der Waals surface area contributed by atoms with Crippen molar-refractivity contribution in [3.05, 3.63) is 12.3 Å². The summed E-state index contributed by atoms with van der Waals surface area (Å²) in [5, 5.41) is 5.97. The number of nitrogens with one attached hydrogen (secondary N) is 2. The molecule has 17 heavy (non-hydrogen) atoms. The van der Waals surface area contributed by atoms with Gasteiger partial charge in [0.15, 0.2) is 0 Å². The molecule has 1 aliphatic rings. The van der Waals surface area contributed by atoms with Crippen LogP contribution in [-0.4, -0.2) is 28.5 Å². The van der Waals surface area contributed by atoms with Crippen LogP contribution in [-0.2, 0) is 4.79 Å². The van der Waals surface area contributed by atoms with Gasteiger partial charge >= 0.3 is 0 Å². The quantitative estimate of drug-likeness (QED) is 0.625. The first kappa shape index (κ1) is 11.6. The summed E-state index contributed by atoms with van der Waals surface area (Å²) in [6, 6.07) is 2.07. The van der Waals surface area contributed by atoms with Gasteiger partial charge in [-0.3, -0.25) is 4.79 Å². The van der Waals surface area contributed by atoms with E-state index < -0.39 is 0 Å². The van der Waals surface area contributed by atoms with E-state index in [2.05, 4.69) is 20.6 Å². The third-order valence-corrected chi connectivity index (χ3v) is 2.48. The highest BCUT2D eigenvalue weighted by atomic mass is 16.1. The average Bonchev–Trinajstić information content (AvgIpc) is 3.08. The fourth-order valence-corrected chi connectivity index (χ4v) is 1.43. The molecule has 0 atom stereocenters. The van der Waals surface area contributed by atoms with Gasteiger partial charge in [0.05, 0.1) is 0 Å². The van der Waals surface area contributed by atoms with Gasteiger partial charge < -0.3 is 16.4 Å². The molecule has 1 saturated carbocycles. The van der Waals surface area contributed by atoms with Crippen molar-refractivity contribution in [3.63, 3.8) is 0 Å². The maximum atomic E-state index is 11.4. The molecular weight excluding hydrogens is 218 g/mol. The number of nitrogens with two attached hydrogens (primary N) is 1. The van der Waals surface area contributed by atoms with Crippen molar-refractivity contribution in [2.75, 3.05) is 17.6 Å². The van der Waals surface area contributed by atoms with Crippen LogP contribution in [0.2, 0.25) is 0 Å². The molecule has 6 nitrogen and oxygen atoms in total. The zero-order valence-electron chi connectivity index (χ0n) is 9.65. The van der Waals surface area contributed by atoms with Crippen molar-refractivity contribution in [2.45, 2.75) is 31.7 Å². The number of nitrogens with zero attached hydrogens (tertiary/aromatic N) is 2. The second kappa shape index (κ2) is 5.47. The van der Waals surface area contributed by atoms with E-state index >= 15 is 0 Å². The first-order valence-corrected chi connectivity index (χ1v) is 5.86. The molecule has 92 valence electrons. The Morgan fingerprint density at radius 2 is 2.35 bits per heavy atom. The van der Waals surface area contributed by atoms with Crippen LogP contribution >= 0.6 is 0 Å². The standard InChI is InChI=1S/C11H17N5O/c12-9-5-7-14-11(16-9)13-6-1-2-10(17)15-8-3-4-8/h5,7-8H,1-4,6H2,(H,15,17)(H3,12,13,14,16). The molecule has 1 aliphatic carbocycles. The number of carbonyl (C=O) groups is 1. The topological polar surface area (TPSA) is 92.9 Å². The Hall–Kier alpha value is -1.85. The van der Waals surface area contributed by atoms with Crippen LogP contribution in [0.15, 0.2) is 12.3 Å². The van der Waals surface area contributed by atoms with E-state index in [9.17, 15) is 4.79 Å². The number of hydrogen-bond acceptors (Lipinski definition) is 5. The lowest BCUT2D eigenvalue weighted by atomic mass is 10.3. The summed E-state index contributed by atoms with van der Waals surface area (Å²) in [6.07, 6.45) is 5.15. The molecule has 0 radical (unpaired) electrons. The van der Waals surface area contributed by atoms with Gasteiger partial charge in [-0.15, -0.1) is 0 Å². The van der Waals surface area contributed by atoms with Crippen molar-refractivity contribution in [1.29, 1.82) is 0 Å². The molecule has 0 unspecified atom stereocenters. The van der Waals surface area contributed by atoms with Crippen molar-refractivity contribution in [3.8, 4) is 0 Å². The Labute approximate surface area is 100 Å². The van der Waals surface area contributed by atoms with Gasteiger partial charge in [0.25, 0.3) is 0 Å². The van der Waals surface area contributed by atoms with Crippen LogP contribution < -0.4 is 16.4 Å². The van der Waals surface area contributed by atoms with E-state index in [1.165, 1.54) is 0 Å². The number of rotatable bonds is 6. The minimum Gasteiger partial charge on any atom is -0.384 e. The predicted octanol–water partition coefficient (Wildman–Crippen LogP) is 0.529. The summed E-state index contributed by atoms with van der Waals surface area (Å²) in [5.74, 6) is 1.07. The van der Waals surface area contributed by atoms with Crippen LogP contribution in [0.25, 0.3) is 0 Å². The van der Waals surface area contributed by atoms with Crippen LogP contribution in [0.1, 0.15) is 25.7 Å². The summed E-state index contributed by atoms with van der Waals surface area (Å²) in [5.41, 5.74) is 5.52. The number of amides is 1. The lowest BCUT2D eigenvalue weighted by molar-refractivity contribution is -0.121. The number of hydrogen-bond donors (Lipinski definition) is 3. The monoisotopic (exact) mass is 235 g/mol. The van der Waals surface area contributed by atoms with E-state index in [0.29, 0.717) is 30.8 Å². The SMILES string of the molecule is Nc1ccnc(NCCCC(=O)NC2CC2)n1. The Kier molecular flexibility index (Phi) is 3.74. The van der Waals surface area contributed by atoms with Crippen LogP contribution in [0.5, 0.6) is 0 Å². The zero-order valence-corrected chi connectivity index (χ0v) is 9.65. The molecule has 1 fully saturated rings. The third kappa shape index (κ3) is 4.26. The number of nitrogen functional groups attached to an aromatic ring is 1. The summed E-state index contributed by atoms with van der Waals surface area (Å²) in [4.78, 5) is 19.4. The number of aromatic nitrogens is 2. The highest BCUT2D eigenvalue weighted by Crippen LogP contribution is 2.18. The maximum absolute atomic E-state index is 11.4. The molecule has 1 aromatic rings. The van der Waals surface area contributed by atoms with E-state index in [1.54, 1.807) is 12.3 Å². The normalized spacial score (nSPS) is 14.4. The first-order valence-electron chi connectivity index (χ1n) is 5.86. The van der Waals surface area contributed by atoms with Crippen LogP contribution in [0, 0.1) is 0 Å². The van der Waals surface area contributed by atoms with Crippen molar-refractivity contribution < 1.29 is 4.79 Å². The molecule has 1 heterocycles. The summed E-state index contributed by atoms with van der Waals surface area (Å²) in [6.45, 7) is 0.668. The molecule has 6 heteroatoms. The van der Waals surface area contributed by atoms with E-state index in [-0.39, 0.29) is 5.91 Å². The van der Waals surface area contributed by atoms with E-state index in [0.717, 1.165) is 19.3 Å². The van der Waals surface area contributed by atoms with Crippen LogP contribution in [0.4, 0.5) is 11.8 Å². The van der Waals surface area contributed by atoms with Gasteiger partial charge in [-0.2, -0.15) is 4.98 Å². The fraction of sp³-hybridized carbons (Fsp3) is 0.545. The minimum atomic E-state index is 0.128. The zero-order chi connectivity index (χ0) is 12.1. The number of anilines is 2. The van der Waals surface area contributed by atoms with Crippen molar-refractivity contribution >= 4 is 17.7 Å². The summed E-state index contributed by atoms with van der Waals surface area (Å²) in [7, 11) is 0. The highest BCUT2D eigenvalue weighted by molar-refractivity contribution is 5.76. The molecular formula is C11H17N5O. The maximum Gasteiger partial charge on any atom is 0.224 e. The van der Waals surface area contributed by atoms with Gasteiger partial charge in [0.1, 0.15) is 5.82 Å². The Balaban J connectivity index is 1.60. The minimum absolute atomic E-state index is 0.128. The van der Waals surface area contributed by atoms with Crippen molar-refractivity contribution in [2.24, 2.45) is 0 Å². The summed E-state index contributed by atoms with van der Waals surface area (Å²) >= 11 is 0. The van der Waals surface area contributed by atoms with Gasteiger partial charge in [0, 0.05) is 25.2 Å². The Morgan fingerprint density at radius 1 is 1.53 bits per heavy atom. The third-order valence-electron chi connectivity index (χ3n) is 2.48. The van der Waals surface area contributed by atoms with E-state index in [4.69, 9.17) is 5.73 Å². The lowest BCUT2D eigenvalue weighted by Crippen LogP contribution is -2.25. The highest BCUT2D eigenvalue weighted by Gasteiger charge is 2.22. The molecule has 1 aromatic heterocycles. The molecule has 2 rings (SSSR count). The predicted molar refractivity (Wildman–Crippen MR) is 65.3 cm³/mol. The van der Waals surface area contributed by atoms with Crippen LogP contribution in [0.3, 0.4) is 0 Å². The molecule has 0 spiro atoms. The molecule has 0 aromatic carbocycles. The Bertz CT molecular complexity index is 391. The van der Waals surface area contributed by atoms with E-state index in [1.807, 2.05) is 0 Å². The average molecular weight is 235 g/mol. The second-order valence-electron chi connectivity index (χ2n) is 4.18. The van der Waals surface area contributed by atoms with Gasteiger partial charge in [-0.05, 0) is 25.3 Å².